The molecule has 1 unspecified atom stereocenters. The molecule has 0 saturated carbocycles. The highest BCUT2D eigenvalue weighted by Gasteiger charge is 2.18. The normalized spacial score (nSPS) is 12.2. The van der Waals surface area contributed by atoms with Crippen molar-refractivity contribution < 1.29 is 4.79 Å². The first kappa shape index (κ1) is 15.1. The van der Waals surface area contributed by atoms with E-state index in [1.54, 1.807) is 30.6 Å². The topological polar surface area (TPSA) is 99.4 Å². The van der Waals surface area contributed by atoms with Gasteiger partial charge in [0.25, 0.3) is 5.91 Å². The van der Waals surface area contributed by atoms with E-state index in [2.05, 4.69) is 30.7 Å². The van der Waals surface area contributed by atoms with E-state index in [0.29, 0.717) is 17.5 Å². The Morgan fingerprint density at radius 1 is 1.08 bits per heavy atom. The van der Waals surface area contributed by atoms with E-state index in [1.807, 2.05) is 30.3 Å². The maximum Gasteiger partial charge on any atom is 0.251 e. The van der Waals surface area contributed by atoms with E-state index in [0.717, 1.165) is 16.9 Å². The average molecular weight is 332 g/mol. The van der Waals surface area contributed by atoms with Crippen molar-refractivity contribution in [2.45, 2.75) is 12.5 Å². The second kappa shape index (κ2) is 6.56. The number of amides is 1. The molecule has 2 heterocycles. The van der Waals surface area contributed by atoms with Gasteiger partial charge in [0.15, 0.2) is 0 Å². The number of benzene rings is 2. The van der Waals surface area contributed by atoms with Crippen LogP contribution in [0.25, 0.3) is 11.0 Å². The third kappa shape index (κ3) is 3.25. The molecule has 4 aromatic rings. The molecule has 124 valence electrons. The Bertz CT molecular complexity index is 977. The molecular formula is C18H16N6O. The van der Waals surface area contributed by atoms with Crippen LogP contribution in [0.4, 0.5) is 0 Å². The van der Waals surface area contributed by atoms with Crippen LogP contribution in [0.1, 0.15) is 27.8 Å². The largest absolute Gasteiger partial charge is 0.349 e. The van der Waals surface area contributed by atoms with Crippen molar-refractivity contribution in [1.82, 2.24) is 30.7 Å². The average Bonchev–Trinajstić information content (AvgIpc) is 3.32. The first-order valence-electron chi connectivity index (χ1n) is 7.94. The van der Waals surface area contributed by atoms with Gasteiger partial charge in [-0.3, -0.25) is 4.79 Å². The molecule has 0 aliphatic carbocycles. The SMILES string of the molecule is O=C(NC(Cc1ncc[nH]1)c1ccccc1)c1ccc2n[nH]nc2c1. The van der Waals surface area contributed by atoms with Crippen molar-refractivity contribution in [2.24, 2.45) is 0 Å². The van der Waals surface area contributed by atoms with Gasteiger partial charge in [0.2, 0.25) is 0 Å². The minimum atomic E-state index is -0.187. The molecule has 0 aliphatic rings. The van der Waals surface area contributed by atoms with Gasteiger partial charge in [-0.2, -0.15) is 15.4 Å². The van der Waals surface area contributed by atoms with Crippen molar-refractivity contribution in [1.29, 1.82) is 0 Å². The monoisotopic (exact) mass is 332 g/mol. The zero-order valence-electron chi connectivity index (χ0n) is 13.3. The van der Waals surface area contributed by atoms with Crippen molar-refractivity contribution >= 4 is 16.9 Å². The van der Waals surface area contributed by atoms with E-state index < -0.39 is 0 Å². The van der Waals surface area contributed by atoms with Gasteiger partial charge in [-0.15, -0.1) is 0 Å². The Hall–Kier alpha value is -3.48. The lowest BCUT2D eigenvalue weighted by Gasteiger charge is -2.18. The van der Waals surface area contributed by atoms with Gasteiger partial charge >= 0.3 is 0 Å². The number of hydrogen-bond donors (Lipinski definition) is 3. The van der Waals surface area contributed by atoms with Crippen molar-refractivity contribution in [2.75, 3.05) is 0 Å². The Morgan fingerprint density at radius 2 is 1.92 bits per heavy atom. The van der Waals surface area contributed by atoms with Gasteiger partial charge in [-0.05, 0) is 23.8 Å². The minimum absolute atomic E-state index is 0.162. The quantitative estimate of drug-likeness (QED) is 0.522. The highest BCUT2D eigenvalue weighted by Crippen LogP contribution is 2.18. The number of H-pyrrole nitrogens is 2. The fourth-order valence-electron chi connectivity index (χ4n) is 2.76. The molecule has 4 rings (SSSR count). The van der Waals surface area contributed by atoms with Crippen LogP contribution in [0.2, 0.25) is 0 Å². The number of nitrogens with zero attached hydrogens (tertiary/aromatic N) is 3. The predicted molar refractivity (Wildman–Crippen MR) is 92.8 cm³/mol. The van der Waals surface area contributed by atoms with Crippen LogP contribution in [0.5, 0.6) is 0 Å². The molecule has 1 atom stereocenters. The van der Waals surface area contributed by atoms with Crippen LogP contribution in [0, 0.1) is 0 Å². The number of carbonyl (C=O) groups excluding carboxylic acids is 1. The molecule has 1 amide bonds. The lowest BCUT2D eigenvalue weighted by atomic mass is 10.0. The predicted octanol–water partition coefficient (Wildman–Crippen LogP) is 2.39. The highest BCUT2D eigenvalue weighted by molar-refractivity contribution is 5.97. The molecule has 7 nitrogen and oxygen atoms in total. The molecular weight excluding hydrogens is 316 g/mol. The zero-order valence-corrected chi connectivity index (χ0v) is 13.3. The Balaban J connectivity index is 1.59. The second-order valence-corrected chi connectivity index (χ2v) is 5.70. The van der Waals surface area contributed by atoms with Crippen LogP contribution >= 0.6 is 0 Å². The zero-order chi connectivity index (χ0) is 17.1. The summed E-state index contributed by atoms with van der Waals surface area (Å²) >= 11 is 0. The van der Waals surface area contributed by atoms with Crippen molar-refractivity contribution in [3.8, 4) is 0 Å². The smallest absolute Gasteiger partial charge is 0.251 e. The van der Waals surface area contributed by atoms with Gasteiger partial charge in [-0.1, -0.05) is 30.3 Å². The van der Waals surface area contributed by atoms with Gasteiger partial charge in [0.1, 0.15) is 16.9 Å². The second-order valence-electron chi connectivity index (χ2n) is 5.70. The fraction of sp³-hybridized carbons (Fsp3) is 0.111. The minimum Gasteiger partial charge on any atom is -0.349 e. The van der Waals surface area contributed by atoms with Gasteiger partial charge in [0.05, 0.1) is 6.04 Å². The third-order valence-electron chi connectivity index (χ3n) is 4.04. The number of aromatic nitrogens is 5. The van der Waals surface area contributed by atoms with E-state index >= 15 is 0 Å². The molecule has 25 heavy (non-hydrogen) atoms. The summed E-state index contributed by atoms with van der Waals surface area (Å²) in [5.41, 5.74) is 2.96. The summed E-state index contributed by atoms with van der Waals surface area (Å²) in [7, 11) is 0. The number of carbonyl (C=O) groups is 1. The first-order valence-corrected chi connectivity index (χ1v) is 7.94. The molecule has 0 aliphatic heterocycles. The summed E-state index contributed by atoms with van der Waals surface area (Å²) in [5, 5.41) is 13.7. The molecule has 0 fully saturated rings. The van der Waals surface area contributed by atoms with Crippen LogP contribution in [0.3, 0.4) is 0 Å². The summed E-state index contributed by atoms with van der Waals surface area (Å²) in [5.74, 6) is 0.659. The number of fused-ring (bicyclic) bond motifs is 1. The summed E-state index contributed by atoms with van der Waals surface area (Å²) in [6.07, 6.45) is 4.06. The molecule has 7 heteroatoms. The van der Waals surface area contributed by atoms with E-state index in [1.165, 1.54) is 0 Å². The van der Waals surface area contributed by atoms with Crippen LogP contribution in [-0.4, -0.2) is 31.3 Å². The number of aromatic amines is 2. The molecule has 0 radical (unpaired) electrons. The maximum atomic E-state index is 12.7. The number of imidazole rings is 1. The summed E-state index contributed by atoms with van der Waals surface area (Å²) in [6, 6.07) is 14.9. The van der Waals surface area contributed by atoms with E-state index in [9.17, 15) is 4.79 Å². The standard InChI is InChI=1S/C18H16N6O/c25-18(13-6-7-14-16(10-13)23-24-22-14)21-15(11-17-19-8-9-20-17)12-4-2-1-3-5-12/h1-10,15H,11H2,(H,19,20)(H,21,25)(H,22,23,24). The van der Waals surface area contributed by atoms with Crippen molar-refractivity contribution in [3.63, 3.8) is 0 Å². The van der Waals surface area contributed by atoms with Crippen LogP contribution in [-0.2, 0) is 6.42 Å². The van der Waals surface area contributed by atoms with Gasteiger partial charge < -0.3 is 10.3 Å². The lowest BCUT2D eigenvalue weighted by molar-refractivity contribution is 0.0936. The van der Waals surface area contributed by atoms with Crippen LogP contribution < -0.4 is 5.32 Å². The van der Waals surface area contributed by atoms with E-state index in [4.69, 9.17) is 0 Å². The summed E-state index contributed by atoms with van der Waals surface area (Å²) < 4.78 is 0. The van der Waals surface area contributed by atoms with Crippen molar-refractivity contribution in [3.05, 3.63) is 77.9 Å². The number of rotatable bonds is 5. The lowest BCUT2D eigenvalue weighted by Crippen LogP contribution is -2.30. The van der Waals surface area contributed by atoms with Gasteiger partial charge in [0, 0.05) is 24.4 Å². The Morgan fingerprint density at radius 3 is 2.72 bits per heavy atom. The molecule has 2 aromatic heterocycles. The Labute approximate surface area is 143 Å². The summed E-state index contributed by atoms with van der Waals surface area (Å²) in [4.78, 5) is 20.1. The molecule has 0 spiro atoms. The Kier molecular flexibility index (Phi) is 3.96. The molecule has 3 N–H and O–H groups in total. The molecule has 0 bridgehead atoms. The molecule has 2 aromatic carbocycles. The third-order valence-corrected chi connectivity index (χ3v) is 4.04. The van der Waals surface area contributed by atoms with Gasteiger partial charge in [-0.25, -0.2) is 4.98 Å². The van der Waals surface area contributed by atoms with Crippen LogP contribution in [0.15, 0.2) is 60.9 Å². The fourth-order valence-corrected chi connectivity index (χ4v) is 2.76. The summed E-state index contributed by atoms with van der Waals surface area (Å²) in [6.45, 7) is 0. The van der Waals surface area contributed by atoms with E-state index in [-0.39, 0.29) is 11.9 Å². The maximum absolute atomic E-state index is 12.7. The highest BCUT2D eigenvalue weighted by atomic mass is 16.1. The number of nitrogens with one attached hydrogen (secondary N) is 3. The first-order chi connectivity index (χ1) is 12.3. The molecule has 0 saturated heterocycles. The number of hydrogen-bond acceptors (Lipinski definition) is 4.